The second-order valence-corrected chi connectivity index (χ2v) is 12.5. The number of fused-ring (bicyclic) bond motifs is 1. The van der Waals surface area contributed by atoms with Gasteiger partial charge in [-0.05, 0) is 34.1 Å². The van der Waals surface area contributed by atoms with Crippen LogP contribution in [0.25, 0.3) is 10.9 Å². The molecule has 4 nitrogen and oxygen atoms in total. The van der Waals surface area contributed by atoms with Gasteiger partial charge in [-0.1, -0.05) is 19.6 Å². The van der Waals surface area contributed by atoms with Crippen LogP contribution in [-0.4, -0.2) is 24.2 Å². The quantitative estimate of drug-likeness (QED) is 0.564. The minimum Gasteiger partial charge on any atom is -1.00 e. The molecule has 0 radical (unpaired) electrons. The van der Waals surface area contributed by atoms with Gasteiger partial charge in [-0.15, -0.1) is 0 Å². The first kappa shape index (κ1) is 19.1. The van der Waals surface area contributed by atoms with E-state index in [0.717, 1.165) is 10.5 Å². The number of pyridine rings is 2. The fourth-order valence-electron chi connectivity index (χ4n) is 1.82. The standard InChI is InChI=1S/C14H19BrN2O2Si.Na.H/c1-20(2,3)8-7-19-10-17-9-12(15)13-11(14(17)18)5-4-6-16-13;;/h4-6,9H,7-8,10H2,1-3H3;;/q;+1;-1. The minimum absolute atomic E-state index is 0. The summed E-state index contributed by atoms with van der Waals surface area (Å²) in [6.45, 7) is 7.90. The third kappa shape index (κ3) is 5.30. The number of hydrogen-bond acceptors (Lipinski definition) is 3. The van der Waals surface area contributed by atoms with E-state index >= 15 is 0 Å². The van der Waals surface area contributed by atoms with Crippen molar-refractivity contribution >= 4 is 34.9 Å². The van der Waals surface area contributed by atoms with Gasteiger partial charge < -0.3 is 6.16 Å². The molecule has 0 saturated heterocycles. The second kappa shape index (κ2) is 8.03. The Kier molecular flexibility index (Phi) is 7.29. The Labute approximate surface area is 157 Å². The van der Waals surface area contributed by atoms with Gasteiger partial charge in [0.1, 0.15) is 6.73 Å². The van der Waals surface area contributed by atoms with E-state index in [1.54, 1.807) is 29.1 Å². The van der Waals surface area contributed by atoms with Crippen LogP contribution in [0.5, 0.6) is 0 Å². The maximum absolute atomic E-state index is 12.3. The van der Waals surface area contributed by atoms with Crippen molar-refractivity contribution in [2.75, 3.05) is 6.61 Å². The molecular formula is C14H20BrN2NaO2Si. The summed E-state index contributed by atoms with van der Waals surface area (Å²) in [5, 5.41) is 0.607. The predicted molar refractivity (Wildman–Crippen MR) is 88.9 cm³/mol. The minimum atomic E-state index is -1.10. The summed E-state index contributed by atoms with van der Waals surface area (Å²) in [6.07, 6.45) is 3.42. The van der Waals surface area contributed by atoms with E-state index in [1.165, 1.54) is 0 Å². The fraction of sp³-hybridized carbons (Fsp3) is 0.429. The van der Waals surface area contributed by atoms with Gasteiger partial charge in [0.05, 0.1) is 15.4 Å². The van der Waals surface area contributed by atoms with Crippen LogP contribution in [-0.2, 0) is 11.5 Å². The van der Waals surface area contributed by atoms with Gasteiger partial charge in [0.2, 0.25) is 0 Å². The van der Waals surface area contributed by atoms with Gasteiger partial charge in [0, 0.05) is 27.1 Å². The summed E-state index contributed by atoms with van der Waals surface area (Å²) in [5.74, 6) is 0. The molecule has 0 spiro atoms. The largest absolute Gasteiger partial charge is 1.00 e. The van der Waals surface area contributed by atoms with Crippen molar-refractivity contribution in [3.05, 3.63) is 39.4 Å². The molecule has 2 aromatic rings. The van der Waals surface area contributed by atoms with Crippen LogP contribution < -0.4 is 35.1 Å². The van der Waals surface area contributed by atoms with Gasteiger partial charge in [-0.3, -0.25) is 14.3 Å². The van der Waals surface area contributed by atoms with E-state index in [1.807, 2.05) is 0 Å². The summed E-state index contributed by atoms with van der Waals surface area (Å²) in [5.41, 5.74) is 0.625. The summed E-state index contributed by atoms with van der Waals surface area (Å²) >= 11 is 3.45. The molecule has 0 fully saturated rings. The molecule has 7 heteroatoms. The van der Waals surface area contributed by atoms with Gasteiger partial charge in [0.25, 0.3) is 5.56 Å². The molecular weight excluding hydrogens is 359 g/mol. The zero-order chi connectivity index (χ0) is 14.8. The van der Waals surface area contributed by atoms with Crippen molar-refractivity contribution < 1.29 is 35.7 Å². The maximum Gasteiger partial charge on any atom is 1.00 e. The third-order valence-electron chi connectivity index (χ3n) is 3.02. The molecule has 0 saturated carbocycles. The molecule has 0 aliphatic carbocycles. The van der Waals surface area contributed by atoms with E-state index in [2.05, 4.69) is 40.6 Å². The van der Waals surface area contributed by atoms with Gasteiger partial charge in [-0.2, -0.15) is 0 Å². The van der Waals surface area contributed by atoms with Crippen molar-refractivity contribution in [3.63, 3.8) is 0 Å². The smallest absolute Gasteiger partial charge is 1.00 e. The van der Waals surface area contributed by atoms with Gasteiger partial charge in [-0.25, -0.2) is 0 Å². The normalized spacial score (nSPS) is 11.4. The SMILES string of the molecule is C[Si](C)(C)CCOCn1cc(Br)c2ncccc2c1=O.[H-].[Na+]. The fourth-order valence-corrected chi connectivity index (χ4v) is 3.14. The molecule has 2 rings (SSSR count). The summed E-state index contributed by atoms with van der Waals surface area (Å²) in [7, 11) is -1.10. The molecule has 0 N–H and O–H groups in total. The molecule has 0 aliphatic heterocycles. The monoisotopic (exact) mass is 378 g/mol. The van der Waals surface area contributed by atoms with Crippen LogP contribution in [0.3, 0.4) is 0 Å². The molecule has 0 atom stereocenters. The van der Waals surface area contributed by atoms with E-state index in [9.17, 15) is 4.79 Å². The Balaban J connectivity index is 0.00000220. The predicted octanol–water partition coefficient (Wildman–Crippen LogP) is 0.588. The molecule has 110 valence electrons. The molecule has 0 aliphatic rings. The van der Waals surface area contributed by atoms with Crippen molar-refractivity contribution in [1.29, 1.82) is 0 Å². The molecule has 2 aromatic heterocycles. The van der Waals surface area contributed by atoms with Crippen molar-refractivity contribution in [3.8, 4) is 0 Å². The van der Waals surface area contributed by atoms with Crippen molar-refractivity contribution in [2.45, 2.75) is 32.4 Å². The van der Waals surface area contributed by atoms with Crippen LogP contribution in [0.1, 0.15) is 1.43 Å². The van der Waals surface area contributed by atoms with Crippen LogP contribution >= 0.6 is 15.9 Å². The molecule has 0 amide bonds. The number of rotatable bonds is 5. The Morgan fingerprint density at radius 3 is 2.81 bits per heavy atom. The number of aromatic nitrogens is 2. The first-order valence-electron chi connectivity index (χ1n) is 6.60. The topological polar surface area (TPSA) is 44.1 Å². The van der Waals surface area contributed by atoms with Crippen molar-refractivity contribution in [2.24, 2.45) is 0 Å². The molecule has 0 aromatic carbocycles. The van der Waals surface area contributed by atoms with Gasteiger partial charge >= 0.3 is 29.6 Å². The average molecular weight is 379 g/mol. The first-order valence-corrected chi connectivity index (χ1v) is 11.1. The van der Waals surface area contributed by atoms with Crippen LogP contribution in [0, 0.1) is 0 Å². The molecule has 0 bridgehead atoms. The number of hydrogen-bond donors (Lipinski definition) is 0. The summed E-state index contributed by atoms with van der Waals surface area (Å²) in [4.78, 5) is 16.5. The third-order valence-corrected chi connectivity index (χ3v) is 5.31. The molecule has 0 unspecified atom stereocenters. The number of nitrogens with zero attached hydrogens (tertiary/aromatic N) is 2. The van der Waals surface area contributed by atoms with Crippen LogP contribution in [0.2, 0.25) is 25.7 Å². The molecule has 21 heavy (non-hydrogen) atoms. The Morgan fingerprint density at radius 2 is 2.14 bits per heavy atom. The van der Waals surface area contributed by atoms with Crippen LogP contribution in [0.15, 0.2) is 33.8 Å². The van der Waals surface area contributed by atoms with E-state index < -0.39 is 8.07 Å². The maximum atomic E-state index is 12.3. The van der Waals surface area contributed by atoms with E-state index in [-0.39, 0.29) is 43.3 Å². The number of halogens is 1. The van der Waals surface area contributed by atoms with Crippen LogP contribution in [0.4, 0.5) is 0 Å². The van der Waals surface area contributed by atoms with Crippen molar-refractivity contribution in [1.82, 2.24) is 9.55 Å². The summed E-state index contributed by atoms with van der Waals surface area (Å²) < 4.78 is 8.03. The first-order chi connectivity index (χ1) is 9.38. The summed E-state index contributed by atoms with van der Waals surface area (Å²) in [6, 6.07) is 4.65. The average Bonchev–Trinajstić information content (AvgIpc) is 2.39. The zero-order valence-electron chi connectivity index (χ0n) is 14.0. The number of ether oxygens (including phenoxy) is 1. The Morgan fingerprint density at radius 1 is 1.43 bits per heavy atom. The second-order valence-electron chi connectivity index (χ2n) is 6.00. The Bertz CT molecular complexity index is 676. The van der Waals surface area contributed by atoms with E-state index in [4.69, 9.17) is 4.74 Å². The molecule has 2 heterocycles. The Hall–Kier alpha value is 0.0169. The van der Waals surface area contributed by atoms with E-state index in [0.29, 0.717) is 17.5 Å². The van der Waals surface area contributed by atoms with Gasteiger partial charge in [0.15, 0.2) is 0 Å². The zero-order valence-corrected chi connectivity index (χ0v) is 17.6.